The molecule has 1 heterocycles. The Labute approximate surface area is 120 Å². The number of aromatic nitrogens is 3. The molecule has 2 rings (SSSR count). The Hall–Kier alpha value is -1.89. The highest BCUT2D eigenvalue weighted by Gasteiger charge is 2.15. The van der Waals surface area contributed by atoms with Gasteiger partial charge in [-0.2, -0.15) is 5.10 Å². The second-order valence-electron chi connectivity index (χ2n) is 4.30. The Bertz CT molecular complexity index is 612. The minimum Gasteiger partial charge on any atom is -0.495 e. The predicted octanol–water partition coefficient (Wildman–Crippen LogP) is 1.59. The monoisotopic (exact) mass is 294 g/mol. The molecule has 1 atom stereocenters. The topological polar surface area (TPSA) is 83.0 Å². The van der Waals surface area contributed by atoms with Crippen molar-refractivity contribution in [2.75, 3.05) is 12.8 Å². The second kappa shape index (κ2) is 6.51. The van der Waals surface area contributed by atoms with Crippen molar-refractivity contribution in [2.45, 2.75) is 30.5 Å². The number of methoxy groups -OCH3 is 1. The number of anilines is 1. The maximum atomic E-state index is 12.5. The van der Waals surface area contributed by atoms with E-state index >= 15 is 0 Å². The lowest BCUT2D eigenvalue weighted by Gasteiger charge is -2.09. The molecular weight excluding hydrogens is 276 g/mol. The number of nitrogens with two attached hydrogens (primary N) is 1. The van der Waals surface area contributed by atoms with E-state index in [0.717, 1.165) is 13.0 Å². The van der Waals surface area contributed by atoms with E-state index < -0.39 is 10.8 Å². The van der Waals surface area contributed by atoms with Crippen LogP contribution in [0.3, 0.4) is 0 Å². The first-order chi connectivity index (χ1) is 9.65. The molecular formula is C13H18N4O2S. The van der Waals surface area contributed by atoms with Crippen LogP contribution < -0.4 is 10.5 Å². The summed E-state index contributed by atoms with van der Waals surface area (Å²) in [6, 6.07) is 5.11. The van der Waals surface area contributed by atoms with Gasteiger partial charge in [0, 0.05) is 18.3 Å². The number of hydrogen-bond acceptors (Lipinski definition) is 5. The van der Waals surface area contributed by atoms with Crippen molar-refractivity contribution in [3.05, 3.63) is 30.4 Å². The molecule has 0 aliphatic heterocycles. The van der Waals surface area contributed by atoms with E-state index in [1.807, 2.05) is 0 Å². The van der Waals surface area contributed by atoms with Gasteiger partial charge in [-0.15, -0.1) is 0 Å². The predicted molar refractivity (Wildman–Crippen MR) is 77.8 cm³/mol. The first-order valence-corrected chi connectivity index (χ1v) is 7.66. The summed E-state index contributed by atoms with van der Waals surface area (Å²) in [5.74, 6) is 1.55. The van der Waals surface area contributed by atoms with Crippen LogP contribution in [0, 0.1) is 0 Å². The Balaban J connectivity index is 2.22. The molecule has 0 amide bonds. The molecule has 0 fully saturated rings. The van der Waals surface area contributed by atoms with E-state index in [4.69, 9.17) is 10.5 Å². The SMILES string of the molecule is CCCn1ncnc1CS(=O)c1ccc(N)cc1OC. The Morgan fingerprint density at radius 3 is 2.95 bits per heavy atom. The fraction of sp³-hybridized carbons (Fsp3) is 0.385. The number of ether oxygens (including phenoxy) is 1. The van der Waals surface area contributed by atoms with Gasteiger partial charge in [0.2, 0.25) is 0 Å². The Morgan fingerprint density at radius 2 is 2.25 bits per heavy atom. The van der Waals surface area contributed by atoms with E-state index in [2.05, 4.69) is 17.0 Å². The van der Waals surface area contributed by atoms with Gasteiger partial charge in [0.15, 0.2) is 0 Å². The minimum atomic E-state index is -1.25. The van der Waals surface area contributed by atoms with Crippen molar-refractivity contribution in [3.8, 4) is 5.75 Å². The molecule has 1 aromatic carbocycles. The van der Waals surface area contributed by atoms with Gasteiger partial charge in [-0.05, 0) is 18.6 Å². The highest BCUT2D eigenvalue weighted by atomic mass is 32.2. The van der Waals surface area contributed by atoms with E-state index in [9.17, 15) is 4.21 Å². The van der Waals surface area contributed by atoms with Gasteiger partial charge in [-0.1, -0.05) is 6.92 Å². The number of aryl methyl sites for hydroxylation is 1. The summed E-state index contributed by atoms with van der Waals surface area (Å²) in [7, 11) is 0.287. The number of benzene rings is 1. The quantitative estimate of drug-likeness (QED) is 0.818. The highest BCUT2D eigenvalue weighted by Crippen LogP contribution is 2.26. The molecule has 20 heavy (non-hydrogen) atoms. The molecule has 0 saturated heterocycles. The van der Waals surface area contributed by atoms with Crippen molar-refractivity contribution >= 4 is 16.5 Å². The number of nitrogen functional groups attached to an aromatic ring is 1. The van der Waals surface area contributed by atoms with Crippen LogP contribution in [0.5, 0.6) is 5.75 Å². The number of nitrogens with zero attached hydrogens (tertiary/aromatic N) is 3. The summed E-state index contributed by atoms with van der Waals surface area (Å²) < 4.78 is 19.5. The maximum absolute atomic E-state index is 12.5. The zero-order valence-corrected chi connectivity index (χ0v) is 12.4. The van der Waals surface area contributed by atoms with Crippen molar-refractivity contribution in [2.24, 2.45) is 0 Å². The summed E-state index contributed by atoms with van der Waals surface area (Å²) in [6.07, 6.45) is 2.44. The van der Waals surface area contributed by atoms with E-state index in [0.29, 0.717) is 27.9 Å². The summed E-state index contributed by atoms with van der Waals surface area (Å²) in [5, 5.41) is 4.13. The minimum absolute atomic E-state index is 0.306. The van der Waals surface area contributed by atoms with Crippen LogP contribution >= 0.6 is 0 Å². The van der Waals surface area contributed by atoms with Crippen LogP contribution in [-0.2, 0) is 23.1 Å². The van der Waals surface area contributed by atoms with Crippen molar-refractivity contribution in [3.63, 3.8) is 0 Å². The Morgan fingerprint density at radius 1 is 1.45 bits per heavy atom. The lowest BCUT2D eigenvalue weighted by molar-refractivity contribution is 0.404. The van der Waals surface area contributed by atoms with Crippen molar-refractivity contribution in [1.82, 2.24) is 14.8 Å². The molecule has 2 N–H and O–H groups in total. The maximum Gasteiger partial charge on any atom is 0.139 e. The van der Waals surface area contributed by atoms with Gasteiger partial charge in [0.1, 0.15) is 17.9 Å². The highest BCUT2D eigenvalue weighted by molar-refractivity contribution is 7.84. The zero-order valence-electron chi connectivity index (χ0n) is 11.6. The lowest BCUT2D eigenvalue weighted by atomic mass is 10.3. The van der Waals surface area contributed by atoms with Gasteiger partial charge in [-0.3, -0.25) is 4.21 Å². The Kier molecular flexibility index (Phi) is 4.73. The molecule has 6 nitrogen and oxygen atoms in total. The fourth-order valence-electron chi connectivity index (χ4n) is 1.87. The van der Waals surface area contributed by atoms with Gasteiger partial charge in [0.25, 0.3) is 0 Å². The smallest absolute Gasteiger partial charge is 0.139 e. The summed E-state index contributed by atoms with van der Waals surface area (Å²) in [6.45, 7) is 2.83. The van der Waals surface area contributed by atoms with Crippen LogP contribution in [0.4, 0.5) is 5.69 Å². The summed E-state index contributed by atoms with van der Waals surface area (Å²) in [4.78, 5) is 4.78. The largest absolute Gasteiger partial charge is 0.495 e. The third kappa shape index (κ3) is 3.16. The summed E-state index contributed by atoms with van der Waals surface area (Å²) >= 11 is 0. The fourth-order valence-corrected chi connectivity index (χ4v) is 3.07. The molecule has 0 saturated carbocycles. The van der Waals surface area contributed by atoms with E-state index in [1.54, 1.807) is 22.9 Å². The average Bonchev–Trinajstić information content (AvgIpc) is 2.86. The molecule has 1 aromatic heterocycles. The molecule has 2 aromatic rings. The molecule has 0 spiro atoms. The van der Waals surface area contributed by atoms with Gasteiger partial charge in [-0.25, -0.2) is 9.67 Å². The number of rotatable bonds is 6. The molecule has 108 valence electrons. The van der Waals surface area contributed by atoms with E-state index in [-0.39, 0.29) is 0 Å². The van der Waals surface area contributed by atoms with Crippen LogP contribution in [0.25, 0.3) is 0 Å². The van der Waals surface area contributed by atoms with Gasteiger partial charge >= 0.3 is 0 Å². The molecule has 0 aliphatic carbocycles. The van der Waals surface area contributed by atoms with Crippen LogP contribution in [0.15, 0.2) is 29.4 Å². The molecule has 0 radical (unpaired) electrons. The first-order valence-electron chi connectivity index (χ1n) is 6.34. The third-order valence-electron chi connectivity index (χ3n) is 2.82. The van der Waals surface area contributed by atoms with Crippen LogP contribution in [0.2, 0.25) is 0 Å². The van der Waals surface area contributed by atoms with E-state index in [1.165, 1.54) is 13.4 Å². The summed E-state index contributed by atoms with van der Waals surface area (Å²) in [5.41, 5.74) is 6.28. The molecule has 7 heteroatoms. The van der Waals surface area contributed by atoms with Gasteiger partial charge < -0.3 is 10.5 Å². The zero-order chi connectivity index (χ0) is 14.5. The third-order valence-corrected chi connectivity index (χ3v) is 4.17. The van der Waals surface area contributed by atoms with Gasteiger partial charge in [0.05, 0.1) is 28.6 Å². The van der Waals surface area contributed by atoms with Crippen LogP contribution in [0.1, 0.15) is 19.2 Å². The first kappa shape index (κ1) is 14.5. The van der Waals surface area contributed by atoms with Crippen molar-refractivity contribution < 1.29 is 8.95 Å². The normalized spacial score (nSPS) is 12.3. The molecule has 0 aliphatic rings. The lowest BCUT2D eigenvalue weighted by Crippen LogP contribution is -2.09. The number of hydrogen-bond donors (Lipinski definition) is 1. The van der Waals surface area contributed by atoms with Crippen LogP contribution in [-0.4, -0.2) is 26.1 Å². The standard InChI is InChI=1S/C13H18N4O2S/c1-3-6-17-13(15-9-16-17)8-20(18)12-5-4-10(14)7-11(12)19-2/h4-5,7,9H,3,6,8,14H2,1-2H3. The molecule has 1 unspecified atom stereocenters. The average molecular weight is 294 g/mol. The second-order valence-corrected chi connectivity index (χ2v) is 5.72. The molecule has 0 bridgehead atoms. The van der Waals surface area contributed by atoms with Crippen molar-refractivity contribution in [1.29, 1.82) is 0 Å².